The number of nitrogens with zero attached hydrogens (tertiary/aromatic N) is 2. The van der Waals surface area contributed by atoms with Gasteiger partial charge in [-0.1, -0.05) is 413 Å². The van der Waals surface area contributed by atoms with E-state index in [-0.39, 0.29) is 0 Å². The van der Waals surface area contributed by atoms with Crippen LogP contribution >= 0.6 is 0 Å². The SMILES string of the molecule is N#Cc1c(C2c3ccc(-c4ccccc4)cc3-c3cc(-c4ccccc4)ccc32)c(C2c3ccc(-c4ccccc4)cc3-c3cc(-c4ccccc4)ccc32)c(-n2c3ccc(-c4ccccc4)cc3c3cc(-c4ccccc4)ccc32)c(C2c3ccc(-c4ccccc4)cc3-c3cc(-c4ccccc4)ccc32)c1C1c2ccc(-c3ccccc3)cc2-c2cc(-c3ccccc3)ccc21. The van der Waals surface area contributed by atoms with Crippen molar-refractivity contribution in [2.75, 3.05) is 0 Å². The normalized spacial score (nSPS) is 12.8. The van der Waals surface area contributed by atoms with Gasteiger partial charge in [-0.25, -0.2) is 0 Å². The van der Waals surface area contributed by atoms with E-state index < -0.39 is 23.7 Å². The Bertz CT molecular complexity index is 7610. The molecule has 0 radical (unpaired) electrons. The summed E-state index contributed by atoms with van der Waals surface area (Å²) >= 11 is 0. The Morgan fingerprint density at radius 1 is 0.158 bits per heavy atom. The van der Waals surface area contributed by atoms with Crippen molar-refractivity contribution in [3.05, 3.63) is 558 Å². The van der Waals surface area contributed by atoms with Crippen molar-refractivity contribution in [2.24, 2.45) is 0 Å². The molecule has 2 heteroatoms. The third kappa shape index (κ3) is 12.8. The van der Waals surface area contributed by atoms with Crippen molar-refractivity contribution in [2.45, 2.75) is 23.7 Å². The maximum atomic E-state index is 14.6. The van der Waals surface area contributed by atoms with Gasteiger partial charge in [0.05, 0.1) is 28.4 Å². The van der Waals surface area contributed by atoms with Gasteiger partial charge in [0.1, 0.15) is 0 Å². The predicted octanol–water partition coefficient (Wildman–Crippen LogP) is 34.0. The summed E-state index contributed by atoms with van der Waals surface area (Å²) in [7, 11) is 0. The van der Waals surface area contributed by atoms with E-state index in [0.717, 1.165) is 228 Å². The molecule has 0 bridgehead atoms. The molecule has 0 amide bonds. The first kappa shape index (κ1) is 77.1. The lowest BCUT2D eigenvalue weighted by molar-refractivity contribution is 0.845. The van der Waals surface area contributed by atoms with Gasteiger partial charge in [0.25, 0.3) is 0 Å². The number of rotatable bonds is 15. The zero-order chi connectivity index (χ0) is 87.7. The maximum absolute atomic E-state index is 14.6. The molecule has 0 N–H and O–H groups in total. The number of fused-ring (bicyclic) bond motifs is 15. The summed E-state index contributed by atoms with van der Waals surface area (Å²) in [6.45, 7) is 0. The van der Waals surface area contributed by atoms with Crippen molar-refractivity contribution in [1.82, 2.24) is 4.57 Å². The van der Waals surface area contributed by atoms with E-state index in [1.165, 1.54) is 22.3 Å². The molecule has 22 aromatic rings. The minimum atomic E-state index is -0.552. The van der Waals surface area contributed by atoms with Crippen molar-refractivity contribution < 1.29 is 0 Å². The van der Waals surface area contributed by atoms with Gasteiger partial charge in [0.15, 0.2) is 0 Å². The van der Waals surface area contributed by atoms with Crippen LogP contribution in [0.4, 0.5) is 0 Å². The van der Waals surface area contributed by atoms with Crippen LogP contribution in [0.2, 0.25) is 0 Å². The number of aromatic nitrogens is 1. The molecule has 1 aromatic heterocycles. The van der Waals surface area contributed by atoms with Gasteiger partial charge < -0.3 is 4.57 Å². The zero-order valence-corrected chi connectivity index (χ0v) is 72.9. The summed E-state index contributed by atoms with van der Waals surface area (Å²) in [5.41, 5.74) is 49.1. The van der Waals surface area contributed by atoms with Gasteiger partial charge in [-0.15, -0.1) is 0 Å². The summed E-state index contributed by atoms with van der Waals surface area (Å²) in [6.07, 6.45) is 0. The Hall–Kier alpha value is -17.1. The molecule has 1 heterocycles. The summed E-state index contributed by atoms with van der Waals surface area (Å²) in [4.78, 5) is 0. The van der Waals surface area contributed by atoms with Crippen molar-refractivity contribution in [3.63, 3.8) is 0 Å². The first-order valence-electron chi connectivity index (χ1n) is 46.3. The standard InChI is InChI=1S/C131H84N2/c132-81-120-127(123-102-61-51-92(82-31-11-1-12-32-82)71-110(102)111-72-93(52-62-103(111)123)83-33-13-2-14-34-83)129(125-106-65-55-96(86-39-19-5-20-40-86)75-114(106)115-76-97(56-66-107(115)125)87-41-21-6-22-42-87)131(133-121-69-59-100(90-47-27-9-28-48-90)79-118(121)119-80-101(60-70-122(119)133)91-49-29-10-30-50-91)130(126-108-67-57-98(88-43-23-7-24-44-88)77-116(108)117-78-99(58-68-109(117)126)89-45-25-8-26-46-89)128(120)124-104-63-53-94(84-35-15-3-16-36-84)73-112(104)113-74-95(54-64-105(113)124)85-37-17-4-18-38-85/h1-80,123-126H. The summed E-state index contributed by atoms with van der Waals surface area (Å²) in [6, 6.07) is 186. The highest BCUT2D eigenvalue weighted by Crippen LogP contribution is 2.65. The summed E-state index contributed by atoms with van der Waals surface area (Å²) < 4.78 is 2.76. The maximum Gasteiger partial charge on any atom is 0.0998 e. The highest BCUT2D eigenvalue weighted by Gasteiger charge is 2.49. The molecule has 0 fully saturated rings. The predicted molar refractivity (Wildman–Crippen MR) is 551 cm³/mol. The van der Waals surface area contributed by atoms with Crippen LogP contribution in [-0.2, 0) is 0 Å². The van der Waals surface area contributed by atoms with E-state index in [0.29, 0.717) is 5.56 Å². The van der Waals surface area contributed by atoms with E-state index in [9.17, 15) is 5.26 Å². The Labute approximate surface area is 774 Å². The van der Waals surface area contributed by atoms with Gasteiger partial charge in [0.2, 0.25) is 0 Å². The van der Waals surface area contributed by atoms with E-state index >= 15 is 0 Å². The van der Waals surface area contributed by atoms with E-state index in [1.807, 2.05) is 0 Å². The van der Waals surface area contributed by atoms with Crippen LogP contribution in [0.5, 0.6) is 0 Å². The molecule has 133 heavy (non-hydrogen) atoms. The molecule has 0 saturated carbocycles. The molecular weight excluding hydrogens is 1600 g/mol. The summed E-state index contributed by atoms with van der Waals surface area (Å²) in [5, 5.41) is 16.9. The van der Waals surface area contributed by atoms with Gasteiger partial charge in [-0.05, 0) is 295 Å². The molecular formula is C131H84N2. The second kappa shape index (κ2) is 31.7. The molecule has 0 aliphatic heterocycles. The largest absolute Gasteiger partial charge is 0.309 e. The van der Waals surface area contributed by atoms with Crippen LogP contribution < -0.4 is 0 Å². The number of hydrogen-bond donors (Lipinski definition) is 0. The second-order valence-electron chi connectivity index (χ2n) is 36.1. The Balaban J connectivity index is 0.907. The van der Waals surface area contributed by atoms with Crippen LogP contribution in [0.3, 0.4) is 0 Å². The van der Waals surface area contributed by atoms with Crippen LogP contribution in [0, 0.1) is 11.3 Å². The first-order valence-corrected chi connectivity index (χ1v) is 46.3. The first-order chi connectivity index (χ1) is 65.9. The fourth-order valence-corrected chi connectivity index (χ4v) is 23.0. The molecule has 0 saturated heterocycles. The van der Waals surface area contributed by atoms with E-state index in [4.69, 9.17) is 0 Å². The molecule has 4 aliphatic rings. The molecule has 618 valence electrons. The minimum absolute atomic E-state index is 0.532. The molecule has 2 nitrogen and oxygen atoms in total. The number of benzene rings is 21. The van der Waals surface area contributed by atoms with Crippen molar-refractivity contribution in [3.8, 4) is 168 Å². The molecule has 0 atom stereocenters. The fourth-order valence-electron chi connectivity index (χ4n) is 23.0. The van der Waals surface area contributed by atoms with Crippen LogP contribution in [-0.4, -0.2) is 4.57 Å². The van der Waals surface area contributed by atoms with Crippen LogP contribution in [0.25, 0.3) is 183 Å². The topological polar surface area (TPSA) is 28.7 Å². The average Bonchev–Trinajstić information content (AvgIpc) is 1.55. The number of nitriles is 1. The van der Waals surface area contributed by atoms with Crippen molar-refractivity contribution in [1.29, 1.82) is 5.26 Å². The monoisotopic (exact) mass is 1680 g/mol. The third-order valence-electron chi connectivity index (χ3n) is 29.0. The van der Waals surface area contributed by atoms with Gasteiger partial charge in [-0.3, -0.25) is 0 Å². The molecule has 0 unspecified atom stereocenters. The smallest absolute Gasteiger partial charge is 0.0998 e. The lowest BCUT2D eigenvalue weighted by Gasteiger charge is -2.36. The molecule has 4 aliphatic carbocycles. The van der Waals surface area contributed by atoms with Crippen molar-refractivity contribution >= 4 is 21.8 Å². The van der Waals surface area contributed by atoms with Crippen LogP contribution in [0.15, 0.2) is 485 Å². The lowest BCUT2D eigenvalue weighted by atomic mass is 9.68. The van der Waals surface area contributed by atoms with E-state index in [1.54, 1.807) is 0 Å². The lowest BCUT2D eigenvalue weighted by Crippen LogP contribution is -2.23. The molecule has 0 spiro atoms. The Kier molecular flexibility index (Phi) is 18.4. The Morgan fingerprint density at radius 2 is 0.316 bits per heavy atom. The third-order valence-corrected chi connectivity index (χ3v) is 29.0. The highest BCUT2D eigenvalue weighted by molar-refractivity contribution is 6.13. The zero-order valence-electron chi connectivity index (χ0n) is 72.9. The quantitative estimate of drug-likeness (QED) is 0.101. The van der Waals surface area contributed by atoms with Gasteiger partial charge in [-0.2, -0.15) is 5.26 Å². The van der Waals surface area contributed by atoms with Gasteiger partial charge >= 0.3 is 0 Å². The van der Waals surface area contributed by atoms with Crippen LogP contribution in [0.1, 0.15) is 96.0 Å². The fraction of sp³-hybridized carbons (Fsp3) is 0.0305. The van der Waals surface area contributed by atoms with E-state index in [2.05, 4.69) is 496 Å². The Morgan fingerprint density at radius 3 is 0.489 bits per heavy atom. The average molecular weight is 1690 g/mol. The molecule has 21 aromatic carbocycles. The molecule has 26 rings (SSSR count). The van der Waals surface area contributed by atoms with Gasteiger partial charge in [0, 0.05) is 34.4 Å². The summed E-state index contributed by atoms with van der Waals surface area (Å²) in [5.74, 6) is -2.17. The minimum Gasteiger partial charge on any atom is -0.309 e. The highest BCUT2D eigenvalue weighted by atomic mass is 15.0. The second-order valence-corrected chi connectivity index (χ2v) is 36.1. The number of hydrogen-bond acceptors (Lipinski definition) is 1.